The lowest BCUT2D eigenvalue weighted by atomic mass is 10.2. The molecule has 1 aromatic heterocycles. The number of benzene rings is 1. The molecule has 0 amide bonds. The minimum absolute atomic E-state index is 0.180. The summed E-state index contributed by atoms with van der Waals surface area (Å²) in [7, 11) is 0. The van der Waals surface area contributed by atoms with E-state index in [0.717, 1.165) is 6.42 Å². The molecule has 0 saturated carbocycles. The van der Waals surface area contributed by atoms with Crippen molar-refractivity contribution in [2.45, 2.75) is 18.7 Å². The lowest BCUT2D eigenvalue weighted by Gasteiger charge is -2.01. The number of hydrogen-bond acceptors (Lipinski definition) is 2. The van der Waals surface area contributed by atoms with Crippen molar-refractivity contribution in [1.82, 2.24) is 15.0 Å². The molecule has 1 aromatic carbocycles. The largest absolute Gasteiger partial charge is 0.217 e. The SMILES string of the molecule is CCC(Cl)c1cn(-c2ccccc2F)nn1. The molecule has 1 heterocycles. The molecule has 0 aliphatic carbocycles. The Morgan fingerprint density at radius 3 is 2.88 bits per heavy atom. The van der Waals surface area contributed by atoms with Crippen LogP contribution < -0.4 is 0 Å². The summed E-state index contributed by atoms with van der Waals surface area (Å²) in [6.07, 6.45) is 2.41. The third-order valence-electron chi connectivity index (χ3n) is 2.29. The molecular weight excluding hydrogens is 229 g/mol. The average molecular weight is 240 g/mol. The summed E-state index contributed by atoms with van der Waals surface area (Å²) in [6, 6.07) is 6.41. The number of alkyl halides is 1. The molecule has 16 heavy (non-hydrogen) atoms. The summed E-state index contributed by atoms with van der Waals surface area (Å²) in [6.45, 7) is 1.96. The third kappa shape index (κ3) is 2.07. The lowest BCUT2D eigenvalue weighted by Crippen LogP contribution is -1.97. The van der Waals surface area contributed by atoms with Crippen LogP contribution in [-0.4, -0.2) is 15.0 Å². The zero-order valence-corrected chi connectivity index (χ0v) is 9.52. The highest BCUT2D eigenvalue weighted by molar-refractivity contribution is 6.20. The van der Waals surface area contributed by atoms with E-state index in [1.807, 2.05) is 6.92 Å². The van der Waals surface area contributed by atoms with Crippen LogP contribution in [0.4, 0.5) is 4.39 Å². The summed E-state index contributed by atoms with van der Waals surface area (Å²) in [5.41, 5.74) is 1.04. The Balaban J connectivity index is 2.35. The van der Waals surface area contributed by atoms with Crippen LogP contribution in [0.1, 0.15) is 24.4 Å². The Morgan fingerprint density at radius 1 is 1.44 bits per heavy atom. The second-order valence-corrected chi connectivity index (χ2v) is 3.94. The smallest absolute Gasteiger partial charge is 0.148 e. The van der Waals surface area contributed by atoms with Crippen molar-refractivity contribution in [2.24, 2.45) is 0 Å². The fourth-order valence-corrected chi connectivity index (χ4v) is 1.48. The first-order valence-corrected chi connectivity index (χ1v) is 5.47. The van der Waals surface area contributed by atoms with Gasteiger partial charge in [0.2, 0.25) is 0 Å². The molecule has 0 N–H and O–H groups in total. The Morgan fingerprint density at radius 2 is 2.19 bits per heavy atom. The van der Waals surface area contributed by atoms with E-state index >= 15 is 0 Å². The van der Waals surface area contributed by atoms with Crippen LogP contribution in [0.3, 0.4) is 0 Å². The predicted molar refractivity (Wildman–Crippen MR) is 60.2 cm³/mol. The Hall–Kier alpha value is -1.42. The van der Waals surface area contributed by atoms with Crippen LogP contribution in [0.2, 0.25) is 0 Å². The quantitative estimate of drug-likeness (QED) is 0.771. The van der Waals surface area contributed by atoms with Gasteiger partial charge in [-0.3, -0.25) is 0 Å². The number of hydrogen-bond donors (Lipinski definition) is 0. The van der Waals surface area contributed by atoms with Gasteiger partial charge in [-0.2, -0.15) is 0 Å². The molecule has 0 fully saturated rings. The Bertz CT molecular complexity index is 484. The van der Waals surface area contributed by atoms with Gasteiger partial charge in [0.15, 0.2) is 0 Å². The molecule has 3 nitrogen and oxygen atoms in total. The molecule has 0 spiro atoms. The molecule has 0 bridgehead atoms. The molecule has 0 aliphatic heterocycles. The fourth-order valence-electron chi connectivity index (χ4n) is 1.38. The van der Waals surface area contributed by atoms with Crippen molar-refractivity contribution in [3.05, 3.63) is 42.0 Å². The first kappa shape index (κ1) is 11.1. The molecule has 0 aliphatic rings. The highest BCUT2D eigenvalue weighted by Gasteiger charge is 2.12. The monoisotopic (exact) mass is 239 g/mol. The highest BCUT2D eigenvalue weighted by atomic mass is 35.5. The number of halogens is 2. The van der Waals surface area contributed by atoms with Gasteiger partial charge in [-0.1, -0.05) is 24.3 Å². The van der Waals surface area contributed by atoms with Gasteiger partial charge in [-0.05, 0) is 18.6 Å². The molecule has 0 saturated heterocycles. The second-order valence-electron chi connectivity index (χ2n) is 3.42. The van der Waals surface area contributed by atoms with Crippen molar-refractivity contribution in [3.8, 4) is 5.69 Å². The molecule has 5 heteroatoms. The molecule has 1 unspecified atom stereocenters. The first-order valence-electron chi connectivity index (χ1n) is 5.03. The number of aromatic nitrogens is 3. The molecule has 0 radical (unpaired) electrons. The van der Waals surface area contributed by atoms with Gasteiger partial charge >= 0.3 is 0 Å². The average Bonchev–Trinajstić information content (AvgIpc) is 2.78. The summed E-state index contributed by atoms with van der Waals surface area (Å²) in [4.78, 5) is 0. The molecular formula is C11H11ClFN3. The van der Waals surface area contributed by atoms with Gasteiger partial charge in [-0.15, -0.1) is 16.7 Å². The topological polar surface area (TPSA) is 30.7 Å². The molecule has 84 valence electrons. The van der Waals surface area contributed by atoms with Crippen molar-refractivity contribution in [1.29, 1.82) is 0 Å². The van der Waals surface area contributed by atoms with Gasteiger partial charge in [0.1, 0.15) is 17.2 Å². The molecule has 1 atom stereocenters. The van der Waals surface area contributed by atoms with E-state index in [1.165, 1.54) is 10.7 Å². The van der Waals surface area contributed by atoms with E-state index < -0.39 is 0 Å². The lowest BCUT2D eigenvalue weighted by molar-refractivity contribution is 0.607. The van der Waals surface area contributed by atoms with Crippen molar-refractivity contribution >= 4 is 11.6 Å². The molecule has 2 rings (SSSR count). The predicted octanol–water partition coefficient (Wildman–Crippen LogP) is 3.10. The number of rotatable bonds is 3. The van der Waals surface area contributed by atoms with Gasteiger partial charge in [0.25, 0.3) is 0 Å². The minimum Gasteiger partial charge on any atom is -0.217 e. The van der Waals surface area contributed by atoms with Crippen LogP contribution in [-0.2, 0) is 0 Å². The van der Waals surface area contributed by atoms with Crippen molar-refractivity contribution < 1.29 is 4.39 Å². The fraction of sp³-hybridized carbons (Fsp3) is 0.273. The maximum atomic E-state index is 13.4. The van der Waals surface area contributed by atoms with E-state index in [2.05, 4.69) is 10.3 Å². The normalized spacial score (nSPS) is 12.7. The summed E-state index contributed by atoms with van der Waals surface area (Å²) >= 11 is 6.02. The van der Waals surface area contributed by atoms with Crippen LogP contribution in [0.15, 0.2) is 30.5 Å². The maximum Gasteiger partial charge on any atom is 0.148 e. The van der Waals surface area contributed by atoms with Crippen LogP contribution >= 0.6 is 11.6 Å². The van der Waals surface area contributed by atoms with Crippen LogP contribution in [0, 0.1) is 5.82 Å². The van der Waals surface area contributed by atoms with E-state index in [9.17, 15) is 4.39 Å². The van der Waals surface area contributed by atoms with E-state index in [4.69, 9.17) is 11.6 Å². The van der Waals surface area contributed by atoms with Gasteiger partial charge < -0.3 is 0 Å². The Kier molecular flexibility index (Phi) is 3.19. The van der Waals surface area contributed by atoms with E-state index in [0.29, 0.717) is 11.4 Å². The second kappa shape index (κ2) is 4.61. The summed E-state index contributed by atoms with van der Waals surface area (Å²) < 4.78 is 14.8. The van der Waals surface area contributed by atoms with Gasteiger partial charge in [0.05, 0.1) is 11.6 Å². The minimum atomic E-state index is -0.332. The molecule has 2 aromatic rings. The number of nitrogens with zero attached hydrogens (tertiary/aromatic N) is 3. The zero-order chi connectivity index (χ0) is 11.5. The summed E-state index contributed by atoms with van der Waals surface area (Å²) in [5, 5.41) is 7.60. The standard InChI is InChI=1S/C11H11ClFN3/c1-2-8(12)10-7-16(15-14-10)11-6-4-3-5-9(11)13/h3-8H,2H2,1H3. The first-order chi connectivity index (χ1) is 7.72. The summed E-state index contributed by atoms with van der Waals surface area (Å²) in [5.74, 6) is -0.332. The Labute approximate surface area is 97.8 Å². The van der Waals surface area contributed by atoms with Crippen LogP contribution in [0.5, 0.6) is 0 Å². The number of para-hydroxylation sites is 1. The maximum absolute atomic E-state index is 13.4. The van der Waals surface area contributed by atoms with Crippen molar-refractivity contribution in [3.63, 3.8) is 0 Å². The van der Waals surface area contributed by atoms with Crippen molar-refractivity contribution in [2.75, 3.05) is 0 Å². The van der Waals surface area contributed by atoms with E-state index in [-0.39, 0.29) is 11.2 Å². The van der Waals surface area contributed by atoms with Crippen LogP contribution in [0.25, 0.3) is 5.69 Å². The highest BCUT2D eigenvalue weighted by Crippen LogP contribution is 2.22. The van der Waals surface area contributed by atoms with E-state index in [1.54, 1.807) is 24.4 Å². The third-order valence-corrected chi connectivity index (χ3v) is 2.82. The van der Waals surface area contributed by atoms with Gasteiger partial charge in [0, 0.05) is 0 Å². The van der Waals surface area contributed by atoms with Gasteiger partial charge in [-0.25, -0.2) is 9.07 Å². The zero-order valence-electron chi connectivity index (χ0n) is 8.77.